The van der Waals surface area contributed by atoms with E-state index in [1.165, 1.54) is 12.4 Å². The van der Waals surface area contributed by atoms with Crippen LogP contribution in [-0.2, 0) is 6.54 Å². The highest BCUT2D eigenvalue weighted by Crippen LogP contribution is 2.07. The van der Waals surface area contributed by atoms with Crippen molar-refractivity contribution in [3.8, 4) is 0 Å². The highest BCUT2D eigenvalue weighted by molar-refractivity contribution is 5.34. The van der Waals surface area contributed by atoms with Gasteiger partial charge in [-0.05, 0) is 24.1 Å². The van der Waals surface area contributed by atoms with Gasteiger partial charge in [0.15, 0.2) is 0 Å². The number of H-pyrrole nitrogens is 1. The van der Waals surface area contributed by atoms with Gasteiger partial charge in [0.25, 0.3) is 5.56 Å². The van der Waals surface area contributed by atoms with Crippen molar-refractivity contribution in [3.05, 3.63) is 52.3 Å². The van der Waals surface area contributed by atoms with Crippen LogP contribution in [0.25, 0.3) is 0 Å². The summed E-state index contributed by atoms with van der Waals surface area (Å²) in [5, 5.41) is 3.08. The van der Waals surface area contributed by atoms with Crippen LogP contribution in [-0.4, -0.2) is 15.0 Å². The summed E-state index contributed by atoms with van der Waals surface area (Å²) in [6, 6.07) is 3.37. The Hall–Kier alpha value is -2.17. The van der Waals surface area contributed by atoms with Crippen LogP contribution >= 0.6 is 0 Å². The summed E-state index contributed by atoms with van der Waals surface area (Å²) in [7, 11) is 0. The first-order valence-corrected chi connectivity index (χ1v) is 4.94. The van der Waals surface area contributed by atoms with Gasteiger partial charge in [-0.15, -0.1) is 0 Å². The Morgan fingerprint density at radius 2 is 2.38 bits per heavy atom. The highest BCUT2D eigenvalue weighted by atomic mass is 16.1. The summed E-state index contributed by atoms with van der Waals surface area (Å²) >= 11 is 0. The average Bonchev–Trinajstić information content (AvgIpc) is 2.28. The van der Waals surface area contributed by atoms with Crippen molar-refractivity contribution >= 4 is 5.82 Å². The smallest absolute Gasteiger partial charge is 0.252 e. The van der Waals surface area contributed by atoms with Gasteiger partial charge in [0.1, 0.15) is 5.82 Å². The van der Waals surface area contributed by atoms with E-state index in [0.29, 0.717) is 12.4 Å². The molecule has 0 fully saturated rings. The second-order valence-electron chi connectivity index (χ2n) is 3.45. The van der Waals surface area contributed by atoms with E-state index in [9.17, 15) is 4.79 Å². The van der Waals surface area contributed by atoms with Crippen molar-refractivity contribution in [2.45, 2.75) is 13.5 Å². The molecule has 0 aliphatic carbocycles. The summed E-state index contributed by atoms with van der Waals surface area (Å²) < 4.78 is 0. The second kappa shape index (κ2) is 4.57. The molecule has 0 amide bonds. The number of hydrogen-bond acceptors (Lipinski definition) is 4. The van der Waals surface area contributed by atoms with Gasteiger partial charge in [0.05, 0.1) is 6.33 Å². The van der Waals surface area contributed by atoms with Gasteiger partial charge in [-0.3, -0.25) is 9.78 Å². The molecular formula is C11H12N4O. The van der Waals surface area contributed by atoms with E-state index in [1.54, 1.807) is 6.20 Å². The van der Waals surface area contributed by atoms with Crippen molar-refractivity contribution in [3.63, 3.8) is 0 Å². The van der Waals surface area contributed by atoms with Gasteiger partial charge in [-0.2, -0.15) is 0 Å². The lowest BCUT2D eigenvalue weighted by molar-refractivity contribution is 1.04. The third-order valence-electron chi connectivity index (χ3n) is 2.27. The molecule has 0 atom stereocenters. The fourth-order valence-corrected chi connectivity index (χ4v) is 1.35. The molecule has 5 nitrogen and oxygen atoms in total. The van der Waals surface area contributed by atoms with Gasteiger partial charge in [0, 0.05) is 25.0 Å². The molecule has 82 valence electrons. The molecule has 16 heavy (non-hydrogen) atoms. The molecule has 0 aliphatic rings. The van der Waals surface area contributed by atoms with Crippen molar-refractivity contribution in [1.29, 1.82) is 0 Å². The van der Waals surface area contributed by atoms with E-state index in [-0.39, 0.29) is 5.56 Å². The monoisotopic (exact) mass is 216 g/mol. The zero-order chi connectivity index (χ0) is 11.4. The van der Waals surface area contributed by atoms with Gasteiger partial charge in [-0.25, -0.2) is 4.98 Å². The maximum absolute atomic E-state index is 11.0. The Morgan fingerprint density at radius 1 is 1.50 bits per heavy atom. The van der Waals surface area contributed by atoms with Crippen LogP contribution in [0.1, 0.15) is 11.1 Å². The SMILES string of the molecule is Cc1cnccc1CNc1cc(=O)[nH]cn1. The van der Waals surface area contributed by atoms with Crippen LogP contribution in [0.4, 0.5) is 5.82 Å². The van der Waals surface area contributed by atoms with Gasteiger partial charge in [-0.1, -0.05) is 0 Å². The second-order valence-corrected chi connectivity index (χ2v) is 3.45. The Balaban J connectivity index is 2.08. The average molecular weight is 216 g/mol. The molecule has 5 heteroatoms. The van der Waals surface area contributed by atoms with Crippen LogP contribution in [0.3, 0.4) is 0 Å². The molecule has 0 bridgehead atoms. The minimum absolute atomic E-state index is 0.163. The molecule has 0 radical (unpaired) electrons. The maximum atomic E-state index is 11.0. The molecule has 0 aromatic carbocycles. The maximum Gasteiger partial charge on any atom is 0.252 e. The zero-order valence-corrected chi connectivity index (χ0v) is 8.90. The standard InChI is InChI=1S/C11H12N4O/c1-8-5-12-3-2-9(8)6-13-10-4-11(16)15-7-14-10/h2-5,7H,6H2,1H3,(H2,13,14,15,16). The van der Waals surface area contributed by atoms with Crippen LogP contribution < -0.4 is 10.9 Å². The third-order valence-corrected chi connectivity index (χ3v) is 2.27. The normalized spacial score (nSPS) is 10.1. The Kier molecular flexibility index (Phi) is 2.95. The van der Waals surface area contributed by atoms with Crippen LogP contribution in [0, 0.1) is 6.92 Å². The first-order chi connectivity index (χ1) is 7.75. The first-order valence-electron chi connectivity index (χ1n) is 4.94. The van der Waals surface area contributed by atoms with Gasteiger partial charge < -0.3 is 10.3 Å². The van der Waals surface area contributed by atoms with Gasteiger partial charge >= 0.3 is 0 Å². The third kappa shape index (κ3) is 2.44. The molecular weight excluding hydrogens is 204 g/mol. The number of rotatable bonds is 3. The van der Waals surface area contributed by atoms with Crippen molar-refractivity contribution < 1.29 is 0 Å². The van der Waals surface area contributed by atoms with Crippen molar-refractivity contribution in [1.82, 2.24) is 15.0 Å². The molecule has 2 heterocycles. The number of pyridine rings is 1. The van der Waals surface area contributed by atoms with Crippen LogP contribution in [0.5, 0.6) is 0 Å². The molecule has 2 N–H and O–H groups in total. The zero-order valence-electron chi connectivity index (χ0n) is 8.90. The van der Waals surface area contributed by atoms with E-state index in [1.807, 2.05) is 19.2 Å². The lowest BCUT2D eigenvalue weighted by Crippen LogP contribution is -2.09. The number of anilines is 1. The minimum atomic E-state index is -0.163. The topological polar surface area (TPSA) is 70.7 Å². The fourth-order valence-electron chi connectivity index (χ4n) is 1.35. The molecule has 2 aromatic heterocycles. The molecule has 2 aromatic rings. The number of aromatic nitrogens is 3. The summed E-state index contributed by atoms with van der Waals surface area (Å²) in [5.74, 6) is 0.569. The summed E-state index contributed by atoms with van der Waals surface area (Å²) in [6.45, 7) is 2.63. The lowest BCUT2D eigenvalue weighted by atomic mass is 10.1. The predicted molar refractivity (Wildman–Crippen MR) is 61.2 cm³/mol. The Morgan fingerprint density at radius 3 is 3.12 bits per heavy atom. The van der Waals surface area contributed by atoms with E-state index in [0.717, 1.165) is 11.1 Å². The molecule has 0 unspecified atom stereocenters. The molecule has 0 saturated carbocycles. The highest BCUT2D eigenvalue weighted by Gasteiger charge is 1.98. The summed E-state index contributed by atoms with van der Waals surface area (Å²) in [4.78, 5) is 21.5. The van der Waals surface area contributed by atoms with E-state index in [4.69, 9.17) is 0 Å². The van der Waals surface area contributed by atoms with E-state index < -0.39 is 0 Å². The number of aryl methyl sites for hydroxylation is 1. The van der Waals surface area contributed by atoms with E-state index >= 15 is 0 Å². The predicted octanol–water partition coefficient (Wildman–Crippen LogP) is 1.09. The van der Waals surface area contributed by atoms with Crippen LogP contribution in [0.2, 0.25) is 0 Å². The number of nitrogens with zero attached hydrogens (tertiary/aromatic N) is 2. The minimum Gasteiger partial charge on any atom is -0.366 e. The van der Waals surface area contributed by atoms with Crippen LogP contribution in [0.15, 0.2) is 35.6 Å². The quantitative estimate of drug-likeness (QED) is 0.805. The van der Waals surface area contributed by atoms with Crippen molar-refractivity contribution in [2.75, 3.05) is 5.32 Å². The Bertz CT molecular complexity index is 535. The van der Waals surface area contributed by atoms with E-state index in [2.05, 4.69) is 20.3 Å². The largest absolute Gasteiger partial charge is 0.366 e. The molecule has 0 saturated heterocycles. The molecule has 0 spiro atoms. The lowest BCUT2D eigenvalue weighted by Gasteiger charge is -2.06. The molecule has 0 aliphatic heterocycles. The molecule has 2 rings (SSSR count). The number of aromatic amines is 1. The first kappa shape index (κ1) is 10.4. The fraction of sp³-hybridized carbons (Fsp3) is 0.182. The summed E-state index contributed by atoms with van der Waals surface area (Å²) in [5.41, 5.74) is 2.08. The van der Waals surface area contributed by atoms with Crippen molar-refractivity contribution in [2.24, 2.45) is 0 Å². The van der Waals surface area contributed by atoms with Gasteiger partial charge in [0.2, 0.25) is 0 Å². The summed E-state index contributed by atoms with van der Waals surface area (Å²) in [6.07, 6.45) is 4.93. The number of hydrogen-bond donors (Lipinski definition) is 2. The number of nitrogens with one attached hydrogen (secondary N) is 2. The Labute approximate surface area is 92.6 Å².